The minimum atomic E-state index is 0.734. The van der Waals surface area contributed by atoms with E-state index in [0.29, 0.717) is 0 Å². The van der Waals surface area contributed by atoms with E-state index in [1.54, 1.807) is 5.57 Å². The summed E-state index contributed by atoms with van der Waals surface area (Å²) in [4.78, 5) is 2.46. The zero-order chi connectivity index (χ0) is 8.53. The SMILES string of the molecule is CCCC/C(=C/[Se]C)CCC. The first-order valence-electron chi connectivity index (χ1n) is 4.55. The van der Waals surface area contributed by atoms with Crippen LogP contribution in [0.15, 0.2) is 10.5 Å². The number of allylic oxidation sites excluding steroid dienone is 1. The first-order valence-corrected chi connectivity index (χ1v) is 7.26. The molecular weight excluding hydrogens is 199 g/mol. The van der Waals surface area contributed by atoms with Crippen LogP contribution in [0.4, 0.5) is 0 Å². The molecule has 0 fully saturated rings. The summed E-state index contributed by atoms with van der Waals surface area (Å²) < 4.78 is 0. The summed E-state index contributed by atoms with van der Waals surface area (Å²) in [5.41, 5.74) is 1.71. The first kappa shape index (κ1) is 11.3. The van der Waals surface area contributed by atoms with Crippen LogP contribution >= 0.6 is 0 Å². The van der Waals surface area contributed by atoms with Gasteiger partial charge < -0.3 is 0 Å². The molecule has 0 spiro atoms. The molecule has 0 saturated heterocycles. The molecule has 0 aromatic carbocycles. The second kappa shape index (κ2) is 8.36. The number of hydrogen-bond acceptors (Lipinski definition) is 0. The van der Waals surface area contributed by atoms with Gasteiger partial charge in [0.05, 0.1) is 0 Å². The van der Waals surface area contributed by atoms with Gasteiger partial charge in [0.25, 0.3) is 0 Å². The van der Waals surface area contributed by atoms with Gasteiger partial charge >= 0.3 is 77.3 Å². The average molecular weight is 219 g/mol. The van der Waals surface area contributed by atoms with Crippen molar-refractivity contribution in [3.05, 3.63) is 10.5 Å². The summed E-state index contributed by atoms with van der Waals surface area (Å²) in [6.07, 6.45) is 6.70. The van der Waals surface area contributed by atoms with E-state index >= 15 is 0 Å². The zero-order valence-corrected chi connectivity index (χ0v) is 9.73. The molecule has 0 N–H and O–H groups in total. The third-order valence-electron chi connectivity index (χ3n) is 1.71. The number of hydrogen-bond donors (Lipinski definition) is 0. The van der Waals surface area contributed by atoms with Gasteiger partial charge in [0.2, 0.25) is 0 Å². The van der Waals surface area contributed by atoms with Gasteiger partial charge in [-0.05, 0) is 0 Å². The molecule has 0 heterocycles. The molecule has 0 nitrogen and oxygen atoms in total. The molecule has 0 rings (SSSR count). The van der Waals surface area contributed by atoms with Gasteiger partial charge in [-0.25, -0.2) is 0 Å². The predicted octanol–water partition coefficient (Wildman–Crippen LogP) is 3.61. The van der Waals surface area contributed by atoms with E-state index in [2.05, 4.69) is 24.6 Å². The molecule has 0 bridgehead atoms. The second-order valence-electron chi connectivity index (χ2n) is 2.87. The summed E-state index contributed by atoms with van der Waals surface area (Å²) in [7, 11) is 0. The third kappa shape index (κ3) is 6.65. The van der Waals surface area contributed by atoms with Gasteiger partial charge in [0.15, 0.2) is 0 Å². The fraction of sp³-hybridized carbons (Fsp3) is 0.800. The van der Waals surface area contributed by atoms with Crippen molar-refractivity contribution in [2.45, 2.75) is 51.8 Å². The molecule has 66 valence electrons. The van der Waals surface area contributed by atoms with Crippen LogP contribution in [0, 0.1) is 0 Å². The second-order valence-corrected chi connectivity index (χ2v) is 4.35. The Hall–Kier alpha value is 0.259. The molecule has 0 radical (unpaired) electrons. The monoisotopic (exact) mass is 220 g/mol. The topological polar surface area (TPSA) is 0 Å². The number of rotatable bonds is 6. The zero-order valence-electron chi connectivity index (χ0n) is 8.02. The Morgan fingerprint density at radius 2 is 1.91 bits per heavy atom. The van der Waals surface area contributed by atoms with Gasteiger partial charge in [-0.15, -0.1) is 0 Å². The standard InChI is InChI=1S/C10H20Se/c1-4-6-8-10(7-5-2)9-11-3/h9H,4-8H2,1-3H3/b10-9+. The Morgan fingerprint density at radius 1 is 1.18 bits per heavy atom. The van der Waals surface area contributed by atoms with Crippen LogP contribution in [0.5, 0.6) is 0 Å². The van der Waals surface area contributed by atoms with Crippen LogP contribution in [0.1, 0.15) is 46.0 Å². The van der Waals surface area contributed by atoms with Crippen molar-refractivity contribution in [2.24, 2.45) is 0 Å². The van der Waals surface area contributed by atoms with Crippen LogP contribution in [0.2, 0.25) is 5.82 Å². The summed E-state index contributed by atoms with van der Waals surface area (Å²) in [5, 5.41) is 0. The van der Waals surface area contributed by atoms with Crippen LogP contribution in [0.25, 0.3) is 0 Å². The molecule has 0 aromatic rings. The normalized spacial score (nSPS) is 12.1. The number of unbranched alkanes of at least 4 members (excludes halogenated alkanes) is 1. The Labute approximate surface area is 77.6 Å². The maximum atomic E-state index is 2.46. The molecule has 0 aliphatic rings. The van der Waals surface area contributed by atoms with Crippen molar-refractivity contribution in [2.75, 3.05) is 0 Å². The quantitative estimate of drug-likeness (QED) is 0.598. The Bertz CT molecular complexity index is 105. The maximum absolute atomic E-state index is 2.46. The van der Waals surface area contributed by atoms with Crippen molar-refractivity contribution in [1.82, 2.24) is 0 Å². The summed E-state index contributed by atoms with van der Waals surface area (Å²) in [6.45, 7) is 4.53. The average Bonchev–Trinajstić information content (AvgIpc) is 2.01. The molecule has 0 amide bonds. The molecule has 1 heteroatoms. The van der Waals surface area contributed by atoms with Gasteiger partial charge in [-0.3, -0.25) is 0 Å². The van der Waals surface area contributed by atoms with Crippen LogP contribution in [-0.4, -0.2) is 15.0 Å². The van der Waals surface area contributed by atoms with Gasteiger partial charge in [0, 0.05) is 0 Å². The van der Waals surface area contributed by atoms with E-state index in [1.165, 1.54) is 32.1 Å². The summed E-state index contributed by atoms with van der Waals surface area (Å²) >= 11 is 0.734. The van der Waals surface area contributed by atoms with Crippen molar-refractivity contribution >= 4 is 15.0 Å². The molecule has 0 atom stereocenters. The molecule has 11 heavy (non-hydrogen) atoms. The van der Waals surface area contributed by atoms with Crippen molar-refractivity contribution in [3.8, 4) is 0 Å². The van der Waals surface area contributed by atoms with Crippen molar-refractivity contribution in [3.63, 3.8) is 0 Å². The fourth-order valence-electron chi connectivity index (χ4n) is 1.13. The summed E-state index contributed by atoms with van der Waals surface area (Å²) in [6, 6.07) is 0. The molecule has 0 unspecified atom stereocenters. The van der Waals surface area contributed by atoms with Crippen LogP contribution in [0.3, 0.4) is 0 Å². The van der Waals surface area contributed by atoms with E-state index in [1.807, 2.05) is 0 Å². The fourth-order valence-corrected chi connectivity index (χ4v) is 2.33. The van der Waals surface area contributed by atoms with Crippen LogP contribution < -0.4 is 0 Å². The molecule has 0 aliphatic heterocycles. The predicted molar refractivity (Wildman–Crippen MR) is 54.1 cm³/mol. The Kier molecular flexibility index (Phi) is 8.55. The molecule has 0 aromatic heterocycles. The van der Waals surface area contributed by atoms with Gasteiger partial charge in [0.1, 0.15) is 0 Å². The van der Waals surface area contributed by atoms with Crippen molar-refractivity contribution in [1.29, 1.82) is 0 Å². The van der Waals surface area contributed by atoms with Crippen LogP contribution in [-0.2, 0) is 0 Å². The molecule has 0 aliphatic carbocycles. The molecule has 0 saturated carbocycles. The van der Waals surface area contributed by atoms with Gasteiger partial charge in [-0.2, -0.15) is 0 Å². The van der Waals surface area contributed by atoms with Gasteiger partial charge in [-0.1, -0.05) is 0 Å². The van der Waals surface area contributed by atoms with E-state index in [4.69, 9.17) is 0 Å². The first-order chi connectivity index (χ1) is 5.35. The van der Waals surface area contributed by atoms with Crippen molar-refractivity contribution < 1.29 is 0 Å². The Balaban J connectivity index is 3.60. The molecular formula is C10H20Se. The summed E-state index contributed by atoms with van der Waals surface area (Å²) in [5.74, 6) is 2.29. The minimum absolute atomic E-state index is 0.734. The van der Waals surface area contributed by atoms with E-state index < -0.39 is 0 Å². The third-order valence-corrected chi connectivity index (χ3v) is 2.90. The van der Waals surface area contributed by atoms with E-state index in [0.717, 1.165) is 15.0 Å². The van der Waals surface area contributed by atoms with E-state index in [-0.39, 0.29) is 0 Å². The van der Waals surface area contributed by atoms with E-state index in [9.17, 15) is 0 Å². The Morgan fingerprint density at radius 3 is 2.36 bits per heavy atom.